The zero-order valence-electron chi connectivity index (χ0n) is 10.2. The van der Waals surface area contributed by atoms with Gasteiger partial charge < -0.3 is 10.2 Å². The van der Waals surface area contributed by atoms with Gasteiger partial charge in [-0.05, 0) is 32.9 Å². The molecular weight excluding hydrogens is 234 g/mol. The summed E-state index contributed by atoms with van der Waals surface area (Å²) < 4.78 is 0. The molecule has 4 nitrogen and oxygen atoms in total. The number of hydrogen-bond acceptors (Lipinski definition) is 4. The summed E-state index contributed by atoms with van der Waals surface area (Å²) in [7, 11) is 2.00. The fourth-order valence-electron chi connectivity index (χ4n) is 2.57. The maximum atomic E-state index is 12.1. The van der Waals surface area contributed by atoms with Crippen LogP contribution >= 0.6 is 12.2 Å². The van der Waals surface area contributed by atoms with Crippen LogP contribution in [0.2, 0.25) is 0 Å². The van der Waals surface area contributed by atoms with Gasteiger partial charge in [0.05, 0.1) is 11.0 Å². The van der Waals surface area contributed by atoms with E-state index in [1.807, 2.05) is 14.0 Å². The molecule has 2 rings (SSSR count). The van der Waals surface area contributed by atoms with Gasteiger partial charge in [-0.15, -0.1) is 0 Å². The Balaban J connectivity index is 2.58. The van der Waals surface area contributed by atoms with Crippen molar-refractivity contribution in [2.24, 2.45) is 5.41 Å². The number of carbonyl (C=O) groups is 1. The number of amides is 1. The van der Waals surface area contributed by atoms with Crippen molar-refractivity contribution in [3.05, 3.63) is 11.1 Å². The van der Waals surface area contributed by atoms with Crippen LogP contribution in [0.15, 0.2) is 11.1 Å². The molecule has 1 saturated heterocycles. The fourth-order valence-corrected chi connectivity index (χ4v) is 2.83. The summed E-state index contributed by atoms with van der Waals surface area (Å²) in [6.07, 6.45) is 0.726. The van der Waals surface area contributed by atoms with Gasteiger partial charge in [0.25, 0.3) is 0 Å². The van der Waals surface area contributed by atoms with Gasteiger partial charge in [-0.1, -0.05) is 12.2 Å². The highest BCUT2D eigenvalue weighted by molar-refractivity contribution is 7.80. The number of likely N-dealkylation sites (tertiary alicyclic amines) is 1. The molecule has 0 spiro atoms. The van der Waals surface area contributed by atoms with Crippen molar-refractivity contribution in [1.82, 2.24) is 10.2 Å². The molecule has 1 N–H and O–H groups in total. The molecule has 0 saturated carbocycles. The number of nitriles is 1. The van der Waals surface area contributed by atoms with Gasteiger partial charge in [0.15, 0.2) is 0 Å². The van der Waals surface area contributed by atoms with Crippen LogP contribution in [-0.4, -0.2) is 35.4 Å². The molecule has 5 heteroatoms. The number of rotatable bonds is 0. The molecule has 2 unspecified atom stereocenters. The number of nitrogens with one attached hydrogen (secondary N) is 1. The van der Waals surface area contributed by atoms with Crippen LogP contribution < -0.4 is 5.32 Å². The van der Waals surface area contributed by atoms with Crippen LogP contribution in [0.3, 0.4) is 0 Å². The second-order valence-electron chi connectivity index (χ2n) is 5.05. The first-order valence-electron chi connectivity index (χ1n) is 5.60. The molecule has 2 aliphatic rings. The third-order valence-electron chi connectivity index (χ3n) is 3.85. The lowest BCUT2D eigenvalue weighted by atomic mass is 9.70. The van der Waals surface area contributed by atoms with Crippen LogP contribution in [0.5, 0.6) is 0 Å². The van der Waals surface area contributed by atoms with Crippen molar-refractivity contribution in [3.8, 4) is 6.07 Å². The van der Waals surface area contributed by atoms with E-state index in [0.29, 0.717) is 18.2 Å². The van der Waals surface area contributed by atoms with E-state index in [9.17, 15) is 10.1 Å². The minimum absolute atomic E-state index is 0.0877. The van der Waals surface area contributed by atoms with E-state index >= 15 is 0 Å². The SMILES string of the molecule is CC1CC2=C(C#N)C(=S)NC(=O)C2(C)CN1C. The zero-order valence-corrected chi connectivity index (χ0v) is 11.0. The molecule has 1 fully saturated rings. The van der Waals surface area contributed by atoms with Crippen LogP contribution in [0.4, 0.5) is 0 Å². The van der Waals surface area contributed by atoms with E-state index in [1.165, 1.54) is 0 Å². The van der Waals surface area contributed by atoms with E-state index < -0.39 is 5.41 Å². The average Bonchev–Trinajstić information content (AvgIpc) is 2.24. The third-order valence-corrected chi connectivity index (χ3v) is 4.16. The molecule has 0 aromatic heterocycles. The predicted octanol–water partition coefficient (Wildman–Crippen LogP) is 0.994. The first kappa shape index (κ1) is 12.2. The molecule has 90 valence electrons. The Hall–Kier alpha value is -1.25. The highest BCUT2D eigenvalue weighted by atomic mass is 32.1. The van der Waals surface area contributed by atoms with Gasteiger partial charge in [-0.2, -0.15) is 5.26 Å². The topological polar surface area (TPSA) is 56.1 Å². The molecule has 0 aromatic carbocycles. The summed E-state index contributed by atoms with van der Waals surface area (Å²) in [5.41, 5.74) is 0.774. The van der Waals surface area contributed by atoms with Crippen molar-refractivity contribution in [2.75, 3.05) is 13.6 Å². The molecule has 0 bridgehead atoms. The Morgan fingerprint density at radius 3 is 2.88 bits per heavy atom. The van der Waals surface area contributed by atoms with E-state index in [4.69, 9.17) is 12.2 Å². The van der Waals surface area contributed by atoms with Gasteiger partial charge in [0, 0.05) is 12.6 Å². The summed E-state index contributed by atoms with van der Waals surface area (Å²) in [5.74, 6) is -0.0877. The van der Waals surface area contributed by atoms with Crippen LogP contribution in [0.1, 0.15) is 20.3 Å². The molecule has 1 amide bonds. The molecule has 2 heterocycles. The molecule has 2 aliphatic heterocycles. The Morgan fingerprint density at radius 1 is 1.65 bits per heavy atom. The van der Waals surface area contributed by atoms with Gasteiger partial charge in [-0.25, -0.2) is 0 Å². The highest BCUT2D eigenvalue weighted by Gasteiger charge is 2.47. The number of fused-ring (bicyclic) bond motifs is 1. The minimum atomic E-state index is -0.616. The normalized spacial score (nSPS) is 34.1. The Kier molecular flexibility index (Phi) is 2.80. The molecule has 0 aromatic rings. The van der Waals surface area contributed by atoms with Gasteiger partial charge in [-0.3, -0.25) is 4.79 Å². The number of nitrogens with zero attached hydrogens (tertiary/aromatic N) is 2. The quantitative estimate of drug-likeness (QED) is 0.651. The fraction of sp³-hybridized carbons (Fsp3) is 0.583. The predicted molar refractivity (Wildman–Crippen MR) is 68.2 cm³/mol. The zero-order chi connectivity index (χ0) is 12.8. The maximum absolute atomic E-state index is 12.1. The molecule has 2 atom stereocenters. The van der Waals surface area contributed by atoms with Gasteiger partial charge in [0.1, 0.15) is 11.1 Å². The lowest BCUT2D eigenvalue weighted by molar-refractivity contribution is -0.129. The van der Waals surface area contributed by atoms with E-state index in [0.717, 1.165) is 12.0 Å². The van der Waals surface area contributed by atoms with E-state index in [2.05, 4.69) is 23.2 Å². The minimum Gasteiger partial charge on any atom is -0.315 e. The average molecular weight is 249 g/mol. The molecule has 17 heavy (non-hydrogen) atoms. The molecule has 0 radical (unpaired) electrons. The van der Waals surface area contributed by atoms with Gasteiger partial charge in [0.2, 0.25) is 5.91 Å². The third kappa shape index (κ3) is 1.68. The van der Waals surface area contributed by atoms with Crippen molar-refractivity contribution in [3.63, 3.8) is 0 Å². The standard InChI is InChI=1S/C12H15N3OS/c1-7-4-9-8(5-13)10(17)14-11(16)12(9,2)6-15(7)3/h7H,4,6H2,1-3H3,(H,14,16,17). The first-order valence-corrected chi connectivity index (χ1v) is 6.00. The Bertz CT molecular complexity index is 477. The van der Waals surface area contributed by atoms with Crippen LogP contribution in [0, 0.1) is 16.7 Å². The summed E-state index contributed by atoms with van der Waals surface area (Å²) >= 11 is 5.06. The molecule has 0 aliphatic carbocycles. The summed E-state index contributed by atoms with van der Waals surface area (Å²) in [5, 5.41) is 11.8. The van der Waals surface area contributed by atoms with Crippen molar-refractivity contribution in [2.45, 2.75) is 26.3 Å². The monoisotopic (exact) mass is 249 g/mol. The van der Waals surface area contributed by atoms with E-state index in [-0.39, 0.29) is 10.9 Å². The summed E-state index contributed by atoms with van der Waals surface area (Å²) in [6.45, 7) is 4.61. The number of hydrogen-bond donors (Lipinski definition) is 1. The maximum Gasteiger partial charge on any atom is 0.236 e. The second kappa shape index (κ2) is 3.90. The first-order chi connectivity index (χ1) is 7.90. The number of carbonyl (C=O) groups excluding carboxylic acids is 1. The number of piperidine rings is 1. The second-order valence-corrected chi connectivity index (χ2v) is 5.46. The van der Waals surface area contributed by atoms with Gasteiger partial charge >= 0.3 is 0 Å². The van der Waals surface area contributed by atoms with Crippen molar-refractivity contribution in [1.29, 1.82) is 5.26 Å². The molecular formula is C12H15N3OS. The van der Waals surface area contributed by atoms with Crippen LogP contribution in [-0.2, 0) is 4.79 Å². The van der Waals surface area contributed by atoms with E-state index in [1.54, 1.807) is 0 Å². The number of thiocarbonyl (C=S) groups is 1. The highest BCUT2D eigenvalue weighted by Crippen LogP contribution is 2.41. The lowest BCUT2D eigenvalue weighted by Gasteiger charge is -2.45. The Labute approximate surface area is 106 Å². The Morgan fingerprint density at radius 2 is 2.29 bits per heavy atom. The smallest absolute Gasteiger partial charge is 0.236 e. The van der Waals surface area contributed by atoms with Crippen molar-refractivity contribution >= 4 is 23.1 Å². The lowest BCUT2D eigenvalue weighted by Crippen LogP contribution is -2.57. The largest absolute Gasteiger partial charge is 0.315 e. The summed E-state index contributed by atoms with van der Waals surface area (Å²) in [6, 6.07) is 2.47. The van der Waals surface area contributed by atoms with Crippen LogP contribution in [0.25, 0.3) is 0 Å². The summed E-state index contributed by atoms with van der Waals surface area (Å²) in [4.78, 5) is 14.5. The van der Waals surface area contributed by atoms with Crippen molar-refractivity contribution < 1.29 is 4.79 Å².